The predicted molar refractivity (Wildman–Crippen MR) is 104 cm³/mol. The van der Waals surface area contributed by atoms with Crippen molar-refractivity contribution < 1.29 is 14.3 Å². The van der Waals surface area contributed by atoms with Crippen LogP contribution >= 0.6 is 0 Å². The molecule has 1 fully saturated rings. The van der Waals surface area contributed by atoms with Crippen LogP contribution in [-0.4, -0.2) is 49.2 Å². The number of carbonyl (C=O) groups is 2. The smallest absolute Gasteiger partial charge is 0.330 e. The van der Waals surface area contributed by atoms with Gasteiger partial charge in [-0.25, -0.2) is 9.59 Å². The number of amides is 2. The molecule has 1 aliphatic heterocycles. The number of hydrogen-bond acceptors (Lipinski definition) is 4. The van der Waals surface area contributed by atoms with Crippen LogP contribution in [0.4, 0.5) is 10.5 Å². The number of nitrogens with one attached hydrogen (secondary N) is 2. The number of carbonyl (C=O) groups excluding carboxylic acids is 2. The second kappa shape index (κ2) is 10.6. The van der Waals surface area contributed by atoms with Crippen molar-refractivity contribution in [2.75, 3.05) is 31.6 Å². The monoisotopic (exact) mass is 359 g/mol. The number of piperidine rings is 1. The molecule has 0 saturated carbocycles. The fourth-order valence-corrected chi connectivity index (χ4v) is 3.01. The second-order valence-corrected chi connectivity index (χ2v) is 6.47. The number of rotatable bonds is 7. The van der Waals surface area contributed by atoms with Crippen molar-refractivity contribution in [3.05, 3.63) is 35.9 Å². The van der Waals surface area contributed by atoms with E-state index in [0.717, 1.165) is 18.7 Å². The highest BCUT2D eigenvalue weighted by Gasteiger charge is 2.17. The van der Waals surface area contributed by atoms with Crippen LogP contribution in [0.25, 0.3) is 6.08 Å². The maximum Gasteiger partial charge on any atom is 0.330 e. The molecular formula is C20H29N3O3. The molecule has 2 N–H and O–H groups in total. The quantitative estimate of drug-likeness (QED) is 0.579. The summed E-state index contributed by atoms with van der Waals surface area (Å²) in [6, 6.07) is 7.67. The summed E-state index contributed by atoms with van der Waals surface area (Å²) in [5.41, 5.74) is 1.57. The first kappa shape index (κ1) is 20.0. The van der Waals surface area contributed by atoms with E-state index in [4.69, 9.17) is 4.74 Å². The first-order chi connectivity index (χ1) is 12.6. The molecule has 0 aliphatic carbocycles. The van der Waals surface area contributed by atoms with Crippen LogP contribution in [0.5, 0.6) is 0 Å². The van der Waals surface area contributed by atoms with Gasteiger partial charge in [0.05, 0.1) is 6.61 Å². The SMILES string of the molecule is CCOC(=O)/C=C/c1ccc(NC(=O)NCCN2CCCC[C@H]2C)cc1. The molecule has 0 radical (unpaired) electrons. The first-order valence-corrected chi connectivity index (χ1v) is 9.32. The number of ether oxygens (including phenoxy) is 1. The van der Waals surface area contributed by atoms with Crippen molar-refractivity contribution in [1.82, 2.24) is 10.2 Å². The normalized spacial score (nSPS) is 17.8. The first-order valence-electron chi connectivity index (χ1n) is 9.32. The highest BCUT2D eigenvalue weighted by Crippen LogP contribution is 2.15. The summed E-state index contributed by atoms with van der Waals surface area (Å²) in [5, 5.41) is 5.72. The van der Waals surface area contributed by atoms with E-state index in [9.17, 15) is 9.59 Å². The average molecular weight is 359 g/mol. The van der Waals surface area contributed by atoms with Crippen molar-refractivity contribution in [2.45, 2.75) is 39.2 Å². The number of nitrogens with zero attached hydrogens (tertiary/aromatic N) is 1. The molecule has 1 aliphatic rings. The molecule has 142 valence electrons. The summed E-state index contributed by atoms with van der Waals surface area (Å²) >= 11 is 0. The van der Waals surface area contributed by atoms with Crippen molar-refractivity contribution in [1.29, 1.82) is 0 Å². The summed E-state index contributed by atoms with van der Waals surface area (Å²) in [6.45, 7) is 7.01. The summed E-state index contributed by atoms with van der Waals surface area (Å²) in [7, 11) is 0. The van der Waals surface area contributed by atoms with E-state index in [-0.39, 0.29) is 12.0 Å². The van der Waals surface area contributed by atoms with E-state index < -0.39 is 0 Å². The zero-order valence-corrected chi connectivity index (χ0v) is 15.7. The van der Waals surface area contributed by atoms with Crippen molar-refractivity contribution in [3.63, 3.8) is 0 Å². The largest absolute Gasteiger partial charge is 0.463 e. The molecule has 0 spiro atoms. The molecule has 6 nitrogen and oxygen atoms in total. The molecule has 1 heterocycles. The fourth-order valence-electron chi connectivity index (χ4n) is 3.01. The second-order valence-electron chi connectivity index (χ2n) is 6.47. The summed E-state index contributed by atoms with van der Waals surface area (Å²) in [6.07, 6.45) is 6.86. The highest BCUT2D eigenvalue weighted by molar-refractivity contribution is 5.90. The Morgan fingerprint density at radius 2 is 2.04 bits per heavy atom. The highest BCUT2D eigenvalue weighted by atomic mass is 16.5. The van der Waals surface area contributed by atoms with E-state index in [1.807, 2.05) is 12.1 Å². The topological polar surface area (TPSA) is 70.7 Å². The van der Waals surface area contributed by atoms with Crippen molar-refractivity contribution >= 4 is 23.8 Å². The van der Waals surface area contributed by atoms with Crippen molar-refractivity contribution in [2.24, 2.45) is 0 Å². The third-order valence-electron chi connectivity index (χ3n) is 4.49. The standard InChI is InChI=1S/C20H29N3O3/c1-3-26-19(24)12-9-17-7-10-18(11-8-17)22-20(25)21-13-15-23-14-5-4-6-16(23)2/h7-12,16H,3-6,13-15H2,1-2H3,(H2,21,22,25)/b12-9+/t16-/m1/s1. The molecule has 2 rings (SSSR count). The Morgan fingerprint density at radius 1 is 1.27 bits per heavy atom. The molecule has 26 heavy (non-hydrogen) atoms. The van der Waals surface area contributed by atoms with Crippen LogP contribution in [0.3, 0.4) is 0 Å². The van der Waals surface area contributed by atoms with Gasteiger partial charge < -0.3 is 15.4 Å². The lowest BCUT2D eigenvalue weighted by Gasteiger charge is -2.33. The lowest BCUT2D eigenvalue weighted by atomic mass is 10.0. The summed E-state index contributed by atoms with van der Waals surface area (Å²) < 4.78 is 4.83. The molecule has 1 aromatic rings. The Kier molecular flexibility index (Phi) is 8.15. The van der Waals surface area contributed by atoms with Gasteiger partial charge in [0.15, 0.2) is 0 Å². The minimum Gasteiger partial charge on any atom is -0.463 e. The van der Waals surface area contributed by atoms with Crippen LogP contribution in [0.1, 0.15) is 38.7 Å². The molecule has 1 aromatic carbocycles. The maximum atomic E-state index is 12.0. The third kappa shape index (κ3) is 6.88. The van der Waals surface area contributed by atoms with Crippen LogP contribution in [-0.2, 0) is 9.53 Å². The van der Waals surface area contributed by atoms with E-state index in [1.54, 1.807) is 25.1 Å². The molecule has 0 aromatic heterocycles. The van der Waals surface area contributed by atoms with Crippen LogP contribution in [0, 0.1) is 0 Å². The Labute approximate surface area is 155 Å². The Hall–Kier alpha value is -2.34. The zero-order valence-electron chi connectivity index (χ0n) is 15.7. The number of hydrogen-bond donors (Lipinski definition) is 2. The van der Waals surface area contributed by atoms with Gasteiger partial charge in [0.25, 0.3) is 0 Å². The molecule has 1 saturated heterocycles. The molecule has 2 amide bonds. The van der Waals surface area contributed by atoms with Gasteiger partial charge in [0.2, 0.25) is 0 Å². The fraction of sp³-hybridized carbons (Fsp3) is 0.500. The minimum absolute atomic E-state index is 0.204. The molecule has 6 heteroatoms. The van der Waals surface area contributed by atoms with Gasteiger partial charge in [-0.15, -0.1) is 0 Å². The van der Waals surface area contributed by atoms with Gasteiger partial charge in [0, 0.05) is 30.9 Å². The van der Waals surface area contributed by atoms with Crippen LogP contribution in [0.15, 0.2) is 30.3 Å². The Bertz CT molecular complexity index is 613. The summed E-state index contributed by atoms with van der Waals surface area (Å²) in [5.74, 6) is -0.364. The average Bonchev–Trinajstić information content (AvgIpc) is 2.63. The lowest BCUT2D eigenvalue weighted by Crippen LogP contribution is -2.43. The number of esters is 1. The number of benzene rings is 1. The predicted octanol–water partition coefficient (Wildman–Crippen LogP) is 3.26. The summed E-state index contributed by atoms with van der Waals surface area (Å²) in [4.78, 5) is 25.7. The third-order valence-corrected chi connectivity index (χ3v) is 4.49. The van der Waals surface area contributed by atoms with E-state index in [0.29, 0.717) is 24.9 Å². The van der Waals surface area contributed by atoms with Crippen molar-refractivity contribution in [3.8, 4) is 0 Å². The molecule has 0 unspecified atom stereocenters. The molecular weight excluding hydrogens is 330 g/mol. The van der Waals surface area contributed by atoms with Crippen LogP contribution < -0.4 is 10.6 Å². The number of urea groups is 1. The zero-order chi connectivity index (χ0) is 18.8. The van der Waals surface area contributed by atoms with Gasteiger partial charge in [0.1, 0.15) is 0 Å². The van der Waals surface area contributed by atoms with E-state index in [2.05, 4.69) is 22.5 Å². The maximum absolute atomic E-state index is 12.0. The van der Waals surface area contributed by atoms with E-state index >= 15 is 0 Å². The van der Waals surface area contributed by atoms with Gasteiger partial charge in [-0.05, 0) is 57.0 Å². The van der Waals surface area contributed by atoms with Gasteiger partial charge in [-0.3, -0.25) is 4.90 Å². The van der Waals surface area contributed by atoms with E-state index in [1.165, 1.54) is 25.3 Å². The molecule has 1 atom stereocenters. The molecule has 0 bridgehead atoms. The van der Waals surface area contributed by atoms with Gasteiger partial charge in [-0.2, -0.15) is 0 Å². The Morgan fingerprint density at radius 3 is 2.73 bits per heavy atom. The minimum atomic E-state index is -0.364. The van der Waals surface area contributed by atoms with Gasteiger partial charge >= 0.3 is 12.0 Å². The Balaban J connectivity index is 1.72. The number of anilines is 1. The lowest BCUT2D eigenvalue weighted by molar-refractivity contribution is -0.137. The van der Waals surface area contributed by atoms with Crippen LogP contribution in [0.2, 0.25) is 0 Å². The van der Waals surface area contributed by atoms with Gasteiger partial charge in [-0.1, -0.05) is 18.6 Å². The number of likely N-dealkylation sites (tertiary alicyclic amines) is 1.